The van der Waals surface area contributed by atoms with E-state index in [1.54, 1.807) is 12.1 Å². The fourth-order valence-corrected chi connectivity index (χ4v) is 5.31. The van der Waals surface area contributed by atoms with E-state index in [0.717, 1.165) is 68.7 Å². The van der Waals surface area contributed by atoms with Crippen LogP contribution in [0.3, 0.4) is 0 Å². The summed E-state index contributed by atoms with van der Waals surface area (Å²) in [5, 5.41) is 9.49. The number of amidine groups is 1. The minimum atomic E-state index is -4.53. The maximum Gasteiger partial charge on any atom is 0.416 e. The van der Waals surface area contributed by atoms with E-state index < -0.39 is 17.8 Å². The van der Waals surface area contributed by atoms with Crippen LogP contribution < -0.4 is 10.2 Å². The Morgan fingerprint density at radius 3 is 2.41 bits per heavy atom. The first-order chi connectivity index (χ1) is 17.7. The summed E-state index contributed by atoms with van der Waals surface area (Å²) in [5.41, 5.74) is 2.23. The maximum absolute atomic E-state index is 13.9. The second kappa shape index (κ2) is 10.2. The first-order valence-electron chi connectivity index (χ1n) is 13.0. The number of benzene rings is 2. The second-order valence-electron chi connectivity index (χ2n) is 10.2. The second-order valence-corrected chi connectivity index (χ2v) is 10.2. The lowest BCUT2D eigenvalue weighted by Gasteiger charge is -2.29. The Labute approximate surface area is 215 Å². The quantitative estimate of drug-likeness (QED) is 0.497. The molecule has 2 aromatic rings. The molecule has 2 aliphatic heterocycles. The van der Waals surface area contributed by atoms with Crippen molar-refractivity contribution in [1.82, 2.24) is 10.3 Å². The lowest BCUT2D eigenvalue weighted by Crippen LogP contribution is -2.41. The summed E-state index contributed by atoms with van der Waals surface area (Å²) < 4.78 is 41.5. The van der Waals surface area contributed by atoms with Crippen molar-refractivity contribution in [2.24, 2.45) is 16.0 Å². The largest absolute Gasteiger partial charge is 0.416 e. The zero-order chi connectivity index (χ0) is 26.2. The number of fused-ring (bicyclic) bond motifs is 1. The number of hydrogen-bond donors (Lipinski definition) is 1. The Bertz CT molecular complexity index is 1210. The third-order valence-corrected chi connectivity index (χ3v) is 7.24. The average molecular weight is 512 g/mol. The van der Waals surface area contributed by atoms with Crippen LogP contribution in [0.4, 0.5) is 29.3 Å². The van der Waals surface area contributed by atoms with Gasteiger partial charge in [0, 0.05) is 24.4 Å². The van der Waals surface area contributed by atoms with Crippen LogP contribution in [0.25, 0.3) is 0 Å². The molecule has 2 amide bonds. The Kier molecular flexibility index (Phi) is 6.96. The van der Waals surface area contributed by atoms with Gasteiger partial charge in [-0.3, -0.25) is 9.89 Å². The number of halogens is 3. The van der Waals surface area contributed by atoms with Gasteiger partial charge in [-0.25, -0.2) is 9.80 Å². The molecule has 0 radical (unpaired) electrons. The lowest BCUT2D eigenvalue weighted by molar-refractivity contribution is -0.137. The van der Waals surface area contributed by atoms with Crippen LogP contribution in [-0.4, -0.2) is 41.7 Å². The number of carbonyl (C=O) groups is 1. The predicted octanol–water partition coefficient (Wildman–Crippen LogP) is 6.52. The summed E-state index contributed by atoms with van der Waals surface area (Å²) in [5.74, 6) is 1.01. The molecular weight excluding hydrogens is 479 g/mol. The van der Waals surface area contributed by atoms with Gasteiger partial charge in [-0.2, -0.15) is 18.3 Å². The van der Waals surface area contributed by atoms with Gasteiger partial charge in [0.2, 0.25) is 0 Å². The molecule has 1 fully saturated rings. The van der Waals surface area contributed by atoms with Crippen molar-refractivity contribution in [2.45, 2.75) is 64.6 Å². The number of hydrogen-bond acceptors (Lipinski definition) is 4. The number of alkyl halides is 3. The standard InChI is InChI=1S/C28H32F3N5O/c1-18(2)36-27(37)35(22-11-8-19(9-12-22)16-25-32-14-15-33-25)24-17-21(28(29,30)31)10-13-23(24)26(34-36)20-6-4-3-5-7-20/h8-13,17-18,20H,3-7,14-16H2,1-2H3,(H,32,33). The molecule has 1 N–H and O–H groups in total. The van der Waals surface area contributed by atoms with Crippen molar-refractivity contribution in [3.05, 3.63) is 59.2 Å². The van der Waals surface area contributed by atoms with Crippen molar-refractivity contribution in [3.8, 4) is 0 Å². The number of hydrazone groups is 1. The molecule has 0 atom stereocenters. The van der Waals surface area contributed by atoms with Crippen LogP contribution >= 0.6 is 0 Å². The van der Waals surface area contributed by atoms with E-state index in [0.29, 0.717) is 23.4 Å². The molecule has 6 nitrogen and oxygen atoms in total. The number of anilines is 2. The fraction of sp³-hybridized carbons (Fsp3) is 0.464. The molecule has 0 aromatic heterocycles. The highest BCUT2D eigenvalue weighted by Gasteiger charge is 2.38. The fourth-order valence-electron chi connectivity index (χ4n) is 5.31. The molecule has 196 valence electrons. The first-order valence-corrected chi connectivity index (χ1v) is 13.0. The van der Waals surface area contributed by atoms with Crippen LogP contribution in [0, 0.1) is 5.92 Å². The Balaban J connectivity index is 1.62. The molecular formula is C28H32F3N5O. The highest BCUT2D eigenvalue weighted by Crippen LogP contribution is 2.41. The minimum Gasteiger partial charge on any atom is -0.372 e. The van der Waals surface area contributed by atoms with Crippen LogP contribution in [0.5, 0.6) is 0 Å². The minimum absolute atomic E-state index is 0.0975. The molecule has 5 rings (SSSR count). The molecule has 2 aromatic carbocycles. The van der Waals surface area contributed by atoms with Gasteiger partial charge in [0.25, 0.3) is 0 Å². The first kappa shape index (κ1) is 25.3. The number of nitrogens with zero attached hydrogens (tertiary/aromatic N) is 4. The van der Waals surface area contributed by atoms with E-state index in [2.05, 4.69) is 10.3 Å². The third-order valence-electron chi connectivity index (χ3n) is 7.24. The topological polar surface area (TPSA) is 60.3 Å². The highest BCUT2D eigenvalue weighted by atomic mass is 19.4. The molecule has 0 unspecified atom stereocenters. The van der Waals surface area contributed by atoms with Gasteiger partial charge in [-0.1, -0.05) is 37.5 Å². The van der Waals surface area contributed by atoms with E-state index in [1.165, 1.54) is 16.0 Å². The lowest BCUT2D eigenvalue weighted by atomic mass is 9.82. The van der Waals surface area contributed by atoms with Crippen LogP contribution in [0.1, 0.15) is 62.6 Å². The van der Waals surface area contributed by atoms with E-state index in [1.807, 2.05) is 26.0 Å². The predicted molar refractivity (Wildman–Crippen MR) is 140 cm³/mol. The smallest absolute Gasteiger partial charge is 0.372 e. The number of urea groups is 1. The highest BCUT2D eigenvalue weighted by molar-refractivity contribution is 6.14. The zero-order valence-corrected chi connectivity index (χ0v) is 21.2. The van der Waals surface area contributed by atoms with Crippen LogP contribution in [0.2, 0.25) is 0 Å². The zero-order valence-electron chi connectivity index (χ0n) is 21.2. The van der Waals surface area contributed by atoms with Gasteiger partial charge in [-0.15, -0.1) is 0 Å². The van der Waals surface area contributed by atoms with Crippen molar-refractivity contribution in [1.29, 1.82) is 0 Å². The Hall–Kier alpha value is -3.36. The van der Waals surface area contributed by atoms with Crippen molar-refractivity contribution in [2.75, 3.05) is 18.0 Å². The van der Waals surface area contributed by atoms with Crippen LogP contribution in [0.15, 0.2) is 52.6 Å². The van der Waals surface area contributed by atoms with Gasteiger partial charge < -0.3 is 5.32 Å². The Morgan fingerprint density at radius 1 is 1.05 bits per heavy atom. The molecule has 2 heterocycles. The summed E-state index contributed by atoms with van der Waals surface area (Å²) in [6.45, 7) is 5.31. The maximum atomic E-state index is 13.9. The molecule has 1 aliphatic carbocycles. The number of aliphatic imine (C=N–C) groups is 1. The monoisotopic (exact) mass is 511 g/mol. The summed E-state index contributed by atoms with van der Waals surface area (Å²) in [7, 11) is 0. The van der Waals surface area contributed by atoms with E-state index in [4.69, 9.17) is 5.10 Å². The molecule has 3 aliphatic rings. The molecule has 0 spiro atoms. The molecule has 0 bridgehead atoms. The SMILES string of the molecule is CC(C)N1N=C(C2CCCCC2)c2ccc(C(F)(F)F)cc2N(c2ccc(CC3=NCCN3)cc2)C1=O. The summed E-state index contributed by atoms with van der Waals surface area (Å²) in [6.07, 6.45) is 1.14. The number of amides is 2. The molecule has 0 saturated heterocycles. The van der Waals surface area contributed by atoms with Crippen molar-refractivity contribution >= 4 is 29.0 Å². The van der Waals surface area contributed by atoms with E-state index >= 15 is 0 Å². The summed E-state index contributed by atoms with van der Waals surface area (Å²) >= 11 is 0. The Morgan fingerprint density at radius 2 is 1.78 bits per heavy atom. The van der Waals surface area contributed by atoms with Gasteiger partial charge in [0.15, 0.2) is 0 Å². The van der Waals surface area contributed by atoms with E-state index in [9.17, 15) is 18.0 Å². The van der Waals surface area contributed by atoms with E-state index in [-0.39, 0.29) is 17.6 Å². The third kappa shape index (κ3) is 5.22. The molecule has 9 heteroatoms. The average Bonchev–Trinajstić information content (AvgIpc) is 3.34. The van der Waals surface area contributed by atoms with Gasteiger partial charge in [0.05, 0.1) is 35.2 Å². The van der Waals surface area contributed by atoms with Gasteiger partial charge in [-0.05, 0) is 56.5 Å². The number of nitrogens with one attached hydrogen (secondary N) is 1. The van der Waals surface area contributed by atoms with Gasteiger partial charge >= 0.3 is 12.2 Å². The number of rotatable bonds is 5. The molecule has 37 heavy (non-hydrogen) atoms. The summed E-state index contributed by atoms with van der Waals surface area (Å²) in [4.78, 5) is 19.8. The van der Waals surface area contributed by atoms with Crippen LogP contribution in [-0.2, 0) is 12.6 Å². The normalized spacial score (nSPS) is 18.9. The van der Waals surface area contributed by atoms with Crippen molar-refractivity contribution < 1.29 is 18.0 Å². The van der Waals surface area contributed by atoms with Crippen molar-refractivity contribution in [3.63, 3.8) is 0 Å². The summed E-state index contributed by atoms with van der Waals surface area (Å²) in [6, 6.07) is 10.3. The molecule has 1 saturated carbocycles. The van der Waals surface area contributed by atoms with Gasteiger partial charge in [0.1, 0.15) is 5.84 Å². The number of carbonyl (C=O) groups excluding carboxylic acids is 1.